The van der Waals surface area contributed by atoms with Gasteiger partial charge in [0.1, 0.15) is 47.1 Å². The number of carbonyl (C=O) groups is 4. The van der Waals surface area contributed by atoms with Gasteiger partial charge in [-0.2, -0.15) is 0 Å². The molecular weight excluding hydrogens is 1380 g/mol. The van der Waals surface area contributed by atoms with Gasteiger partial charge in [-0.3, -0.25) is 37.6 Å². The molecule has 4 fully saturated rings. The minimum Gasteiger partial charge on any atom is -0.390 e. The van der Waals surface area contributed by atoms with E-state index in [9.17, 15) is 33.1 Å². The zero-order chi connectivity index (χ0) is 76.7. The number of aliphatic hydroxyl groups excluding tert-OH is 3. The molecule has 14 rings (SSSR count). The van der Waals surface area contributed by atoms with E-state index in [-0.39, 0.29) is 120 Å². The standard InChI is InChI=1S/C18H17N5O3.C18H19N5O3.C16H18N2O2.C15H15N5O2.C3H4O.2CH3F.N3.Na/c24-11-15-9-19-22-23(15)10-12-6-14(7-12)20-18(25)17-8-16(21-26-17)13-4-2-1-3-5-13;24-11-15-10-23(22-20-15)9-12-6-14(7-12)19-18(25)17-8-16(21-26-17)13-4-2-1-3-5-13;1-2-11-8-13(9-11)17-16(19)15-10-14(18-20-15)12-6-4-3-5-7-12;16-20-17-9-10-6-12(7-10)18-15(21)14-8-13(19-22-14)11-4-2-1-3-5-11;1-2-3-4;2*1-2;1-3-2;/h1-2,4-5,8-9,12,14,24H,6-7,10-11H2;1-5,8,10,12,14,24H,6-7,9,11H2,(H,19,25);3-7,10-11,13H,2,8-9H2,1H3,(H,17,19);1-5,8,10,12H,6-7,9H2,(H,18,21);1,4H,3H2;2*1H3;;/q;;;;;;;-1;+1/p+1/i;;;;;2*1D;;. The van der Waals surface area contributed by atoms with Crippen molar-refractivity contribution in [3.63, 3.8) is 0 Å². The van der Waals surface area contributed by atoms with Crippen molar-refractivity contribution in [2.24, 2.45) is 28.8 Å². The molecule has 0 bridgehead atoms. The SMILES string of the molecule is C#CCO.CCC1CC(NC(=O)c2cc(-c3ccccc3)no2)C1.O=C(NC1CC(Cn2cc(CO)nn2)C1)c1cc(-c2ccccc2)no1.O=C(NC1CC(Cn2nncc2CO)C1)c1cc(C2=CC=C[C+]=C2)no1.[2H]CF.[2H]CF.[N-]=[N+]=NCC1CC(NC(=O)c2cc(-c3ccccc3)no2)C1.[N-]=[N+]=[N-].[Na+]. The van der Waals surface area contributed by atoms with Gasteiger partial charge in [0.15, 0.2) is 5.69 Å². The Bertz CT molecular complexity index is 4420. The van der Waals surface area contributed by atoms with Crippen molar-refractivity contribution in [1.29, 1.82) is 0 Å². The van der Waals surface area contributed by atoms with E-state index >= 15 is 0 Å². The van der Waals surface area contributed by atoms with Crippen LogP contribution < -0.4 is 50.8 Å². The molecule has 0 aliphatic heterocycles. The summed E-state index contributed by atoms with van der Waals surface area (Å²) in [5.41, 5.74) is 29.2. The van der Waals surface area contributed by atoms with Gasteiger partial charge in [-0.15, -0.1) is 16.6 Å². The molecule has 7 N–H and O–H groups in total. The van der Waals surface area contributed by atoms with Crippen molar-refractivity contribution in [1.82, 2.24) is 71.9 Å². The molecule has 548 valence electrons. The molecule has 3 aromatic carbocycles. The molecule has 0 radical (unpaired) electrons. The monoisotopic (exact) mass is 1460 g/mol. The number of allylic oxidation sites excluding steroid dienone is 6. The molecule has 0 spiro atoms. The Morgan fingerprint density at radius 3 is 1.40 bits per heavy atom. The van der Waals surface area contributed by atoms with E-state index in [1.54, 1.807) is 58.2 Å². The number of nitrogens with zero attached hydrogens (tertiary/aromatic N) is 16. The molecule has 6 aromatic heterocycles. The summed E-state index contributed by atoms with van der Waals surface area (Å²) in [6.07, 6.45) is 26.6. The Kier molecular flexibility index (Phi) is 34.2. The fourth-order valence-electron chi connectivity index (χ4n) is 11.4. The number of nitrogens with one attached hydrogen (secondary N) is 4. The second kappa shape index (κ2) is 45.1. The van der Waals surface area contributed by atoms with Crippen LogP contribution >= 0.6 is 0 Å². The van der Waals surface area contributed by atoms with Crippen LogP contribution in [-0.4, -0.2) is 141 Å². The van der Waals surface area contributed by atoms with E-state index in [1.165, 1.54) is 11.3 Å². The van der Waals surface area contributed by atoms with Crippen molar-refractivity contribution in [3.8, 4) is 46.1 Å². The Morgan fingerprint density at radius 1 is 0.632 bits per heavy atom. The third-order valence-electron chi connectivity index (χ3n) is 17.0. The first-order valence-electron chi connectivity index (χ1n) is 34.5. The Balaban J connectivity index is 0.000000213. The van der Waals surface area contributed by atoms with E-state index in [2.05, 4.69) is 92.0 Å². The summed E-state index contributed by atoms with van der Waals surface area (Å²) < 4.78 is 55.0. The smallest absolute Gasteiger partial charge is 0.390 e. The van der Waals surface area contributed by atoms with Crippen LogP contribution in [0.4, 0.5) is 8.78 Å². The molecule has 0 atom stereocenters. The van der Waals surface area contributed by atoms with Crippen LogP contribution in [0.5, 0.6) is 0 Å². The molecule has 5 aliphatic rings. The van der Waals surface area contributed by atoms with Gasteiger partial charge in [0.25, 0.3) is 23.6 Å². The summed E-state index contributed by atoms with van der Waals surface area (Å²) in [7, 11) is -2.00. The number of rotatable bonds is 21. The Hall–Kier alpha value is -11.3. The molecule has 31 nitrogen and oxygen atoms in total. The van der Waals surface area contributed by atoms with Gasteiger partial charge in [-0.25, -0.2) is 4.68 Å². The Labute approximate surface area is 633 Å². The number of halogens is 2. The third-order valence-corrected chi connectivity index (χ3v) is 17.0. The normalized spacial score (nSPS) is 18.6. The van der Waals surface area contributed by atoms with Crippen molar-refractivity contribution in [3.05, 3.63) is 225 Å². The van der Waals surface area contributed by atoms with Crippen molar-refractivity contribution in [2.75, 3.05) is 27.5 Å². The minimum atomic E-state index is -1.00. The quantitative estimate of drug-likeness (QED) is 0.00894. The number of carbonyl (C=O) groups excluding carboxylic acids is 4. The number of alkyl halides is 2. The predicted octanol–water partition coefficient (Wildman–Crippen LogP) is 7.99. The maximum Gasteiger partial charge on any atom is 1.00 e. The number of terminal acetylenes is 1. The van der Waals surface area contributed by atoms with E-state index in [0.29, 0.717) is 65.0 Å². The topological polar surface area (TPSA) is 450 Å². The fraction of sp³-hybridized carbons (Fsp3) is 0.361. The molecule has 106 heavy (non-hydrogen) atoms. The van der Waals surface area contributed by atoms with Gasteiger partial charge >= 0.3 is 29.6 Å². The predicted molar refractivity (Wildman–Crippen MR) is 379 cm³/mol. The molecule has 34 heteroatoms. The van der Waals surface area contributed by atoms with E-state index < -0.39 is 14.3 Å². The fourth-order valence-corrected chi connectivity index (χ4v) is 11.4. The molecular formula is C72H80F2N20NaO11+. The number of aromatic nitrogens is 10. The number of aliphatic hydroxyl groups is 3. The van der Waals surface area contributed by atoms with Gasteiger partial charge in [-0.05, 0) is 80.6 Å². The zero-order valence-electron chi connectivity index (χ0n) is 60.2. The van der Waals surface area contributed by atoms with Gasteiger partial charge in [0.2, 0.25) is 23.0 Å². The first-order chi connectivity index (χ1) is 52.1. The number of benzene rings is 3. The molecule has 9 aromatic rings. The van der Waals surface area contributed by atoms with E-state index in [1.807, 2.05) is 109 Å². The summed E-state index contributed by atoms with van der Waals surface area (Å²) in [6, 6.07) is 36.1. The van der Waals surface area contributed by atoms with Crippen LogP contribution in [-0.2, 0) is 26.3 Å². The minimum absolute atomic E-state index is 0. The number of hydrogen-bond donors (Lipinski definition) is 7. The van der Waals surface area contributed by atoms with Crippen LogP contribution in [0.2, 0.25) is 0 Å². The second-order valence-electron chi connectivity index (χ2n) is 24.2. The van der Waals surface area contributed by atoms with Crippen LogP contribution in [0.15, 0.2) is 175 Å². The maximum atomic E-state index is 12.3. The van der Waals surface area contributed by atoms with Gasteiger partial charge in [0, 0.05) is 102 Å². The summed E-state index contributed by atoms with van der Waals surface area (Å²) in [6.45, 7) is 3.77. The summed E-state index contributed by atoms with van der Waals surface area (Å²) >= 11 is 0. The van der Waals surface area contributed by atoms with Gasteiger partial charge < -0.3 is 65.7 Å². The third kappa shape index (κ3) is 25.5. The molecule has 6 heterocycles. The van der Waals surface area contributed by atoms with E-state index in [0.717, 1.165) is 86.1 Å². The Morgan fingerprint density at radius 2 is 1.03 bits per heavy atom. The van der Waals surface area contributed by atoms with Crippen LogP contribution in [0.25, 0.3) is 65.8 Å². The summed E-state index contributed by atoms with van der Waals surface area (Å²) in [4.78, 5) is 53.0. The summed E-state index contributed by atoms with van der Waals surface area (Å²) in [5, 5.41) is 72.6. The van der Waals surface area contributed by atoms with Crippen LogP contribution in [0.3, 0.4) is 0 Å². The number of hydrogen-bond acceptors (Lipinski definition) is 20. The molecule has 5 aliphatic carbocycles. The average Bonchev–Trinajstić information content (AvgIpc) is 1.50. The van der Waals surface area contributed by atoms with Crippen LogP contribution in [0, 0.1) is 42.1 Å². The van der Waals surface area contributed by atoms with Crippen molar-refractivity contribution in [2.45, 2.75) is 115 Å². The van der Waals surface area contributed by atoms with Crippen molar-refractivity contribution >= 4 is 29.2 Å². The van der Waals surface area contributed by atoms with Gasteiger partial charge in [-0.1, -0.05) is 146 Å². The first kappa shape index (κ1) is 80.4. The second-order valence-corrected chi connectivity index (χ2v) is 24.2. The molecule has 0 unspecified atom stereocenters. The summed E-state index contributed by atoms with van der Waals surface area (Å²) in [5.74, 6) is 3.91. The van der Waals surface area contributed by atoms with Gasteiger partial charge in [0.05, 0.1) is 54.4 Å². The molecule has 4 amide bonds. The van der Waals surface area contributed by atoms with E-state index in [4.69, 9.17) is 47.6 Å². The first-order valence-corrected chi connectivity index (χ1v) is 33.1. The average molecular weight is 1460 g/mol. The maximum absolute atomic E-state index is 12.3. The van der Waals surface area contributed by atoms with Crippen LogP contribution in [0.1, 0.15) is 127 Å². The number of azide groups is 1. The molecule has 4 saturated carbocycles. The largest absolute Gasteiger partial charge is 1.00 e. The number of amides is 4. The molecule has 0 saturated heterocycles. The zero-order valence-corrected chi connectivity index (χ0v) is 60.2. The van der Waals surface area contributed by atoms with Crippen molar-refractivity contribution < 1.29 is 93.7 Å².